The van der Waals surface area contributed by atoms with Crippen LogP contribution in [0.4, 0.5) is 0 Å². The first-order valence-electron chi connectivity index (χ1n) is 8.95. The van der Waals surface area contributed by atoms with Crippen molar-refractivity contribution in [3.8, 4) is 11.5 Å². The third-order valence-electron chi connectivity index (χ3n) is 5.03. The van der Waals surface area contributed by atoms with E-state index in [-0.39, 0.29) is 5.12 Å². The standard InChI is InChI=1S/C20H27BO6S/c1-13(23)28-12-15(21-26-19(2,3)20(4,5)27-21)10-16-17(24-6)8-14(11-22)9-18(16)25-7/h8-11H,12H2,1-7H3. The smallest absolute Gasteiger partial charge is 0.491 e. The van der Waals surface area contributed by atoms with Crippen molar-refractivity contribution in [3.05, 3.63) is 28.7 Å². The van der Waals surface area contributed by atoms with Gasteiger partial charge in [0.25, 0.3) is 0 Å². The normalized spacial score (nSPS) is 18.1. The maximum Gasteiger partial charge on any atom is 0.491 e. The molecular weight excluding hydrogens is 379 g/mol. The lowest BCUT2D eigenvalue weighted by molar-refractivity contribution is -0.109. The number of ether oxygens (including phenoxy) is 2. The first kappa shape index (κ1) is 22.5. The van der Waals surface area contributed by atoms with Crippen LogP contribution in [0.1, 0.15) is 50.5 Å². The molecule has 1 aliphatic rings. The summed E-state index contributed by atoms with van der Waals surface area (Å²) in [6.45, 7) is 9.42. The molecule has 1 heterocycles. The van der Waals surface area contributed by atoms with Crippen LogP contribution >= 0.6 is 11.8 Å². The molecule has 0 unspecified atom stereocenters. The molecule has 0 radical (unpaired) electrons. The molecule has 0 aliphatic carbocycles. The predicted octanol–water partition coefficient (Wildman–Crippen LogP) is 3.81. The van der Waals surface area contributed by atoms with Crippen LogP contribution in [0.3, 0.4) is 0 Å². The minimum atomic E-state index is -0.614. The van der Waals surface area contributed by atoms with E-state index in [2.05, 4.69) is 0 Å². The fourth-order valence-electron chi connectivity index (χ4n) is 2.71. The van der Waals surface area contributed by atoms with Crippen LogP contribution in [-0.2, 0) is 14.1 Å². The van der Waals surface area contributed by atoms with E-state index >= 15 is 0 Å². The molecule has 1 aromatic carbocycles. The van der Waals surface area contributed by atoms with Crippen LogP contribution in [0.5, 0.6) is 11.5 Å². The average Bonchev–Trinajstić information content (AvgIpc) is 2.85. The number of carbonyl (C=O) groups excluding carboxylic acids is 2. The highest BCUT2D eigenvalue weighted by Gasteiger charge is 2.52. The zero-order valence-electron chi connectivity index (χ0n) is 17.5. The molecule has 1 aromatic rings. The second-order valence-electron chi connectivity index (χ2n) is 7.54. The van der Waals surface area contributed by atoms with Crippen LogP contribution in [0.25, 0.3) is 6.08 Å². The van der Waals surface area contributed by atoms with Gasteiger partial charge >= 0.3 is 7.12 Å². The Kier molecular flexibility index (Phi) is 7.01. The molecule has 0 bridgehead atoms. The van der Waals surface area contributed by atoms with Crippen molar-refractivity contribution in [2.24, 2.45) is 0 Å². The van der Waals surface area contributed by atoms with Crippen LogP contribution in [0.2, 0.25) is 0 Å². The van der Waals surface area contributed by atoms with E-state index in [1.165, 1.54) is 32.9 Å². The van der Waals surface area contributed by atoms with Crippen molar-refractivity contribution in [2.45, 2.75) is 45.8 Å². The summed E-state index contributed by atoms with van der Waals surface area (Å²) in [4.78, 5) is 22.8. The predicted molar refractivity (Wildman–Crippen MR) is 112 cm³/mol. The van der Waals surface area contributed by atoms with Crippen molar-refractivity contribution < 1.29 is 28.4 Å². The number of hydrogen-bond donors (Lipinski definition) is 0. The fraction of sp³-hybridized carbons (Fsp3) is 0.500. The molecule has 8 heteroatoms. The van der Waals surface area contributed by atoms with E-state index < -0.39 is 18.3 Å². The Balaban J connectivity index is 2.54. The molecule has 2 rings (SSSR count). The summed E-state index contributed by atoms with van der Waals surface area (Å²) in [6, 6.07) is 3.28. The lowest BCUT2D eigenvalue weighted by atomic mass is 9.78. The molecule has 0 spiro atoms. The minimum Gasteiger partial charge on any atom is -0.496 e. The number of aldehydes is 1. The number of hydrogen-bond acceptors (Lipinski definition) is 7. The van der Waals surface area contributed by atoms with Crippen molar-refractivity contribution in [3.63, 3.8) is 0 Å². The topological polar surface area (TPSA) is 71.1 Å². The van der Waals surface area contributed by atoms with Gasteiger partial charge in [-0.15, -0.1) is 0 Å². The van der Waals surface area contributed by atoms with Crippen LogP contribution in [0, 0.1) is 0 Å². The van der Waals surface area contributed by atoms with E-state index in [0.717, 1.165) is 11.8 Å². The third-order valence-corrected chi connectivity index (χ3v) is 5.91. The maximum absolute atomic E-state index is 11.6. The van der Waals surface area contributed by atoms with E-state index in [4.69, 9.17) is 18.8 Å². The largest absolute Gasteiger partial charge is 0.496 e. The lowest BCUT2D eigenvalue weighted by Gasteiger charge is -2.32. The highest BCUT2D eigenvalue weighted by atomic mass is 32.2. The van der Waals surface area contributed by atoms with Gasteiger partial charge in [0.05, 0.1) is 31.0 Å². The Labute approximate surface area is 171 Å². The second-order valence-corrected chi connectivity index (χ2v) is 8.70. The number of methoxy groups -OCH3 is 2. The van der Waals surface area contributed by atoms with Gasteiger partial charge in [-0.25, -0.2) is 0 Å². The number of benzene rings is 1. The van der Waals surface area contributed by atoms with Crippen molar-refractivity contribution in [2.75, 3.05) is 20.0 Å². The van der Waals surface area contributed by atoms with E-state index in [1.54, 1.807) is 12.1 Å². The van der Waals surface area contributed by atoms with Gasteiger partial charge in [-0.1, -0.05) is 17.8 Å². The summed E-state index contributed by atoms with van der Waals surface area (Å²) in [5.74, 6) is 1.38. The fourth-order valence-corrected chi connectivity index (χ4v) is 3.30. The second kappa shape index (κ2) is 8.72. The maximum atomic E-state index is 11.6. The quantitative estimate of drug-likeness (QED) is 0.504. The zero-order valence-corrected chi connectivity index (χ0v) is 18.3. The summed E-state index contributed by atoms with van der Waals surface area (Å²) < 4.78 is 23.3. The van der Waals surface area contributed by atoms with Gasteiger partial charge in [-0.05, 0) is 45.3 Å². The van der Waals surface area contributed by atoms with Gasteiger partial charge in [0.1, 0.15) is 17.8 Å². The number of carbonyl (C=O) groups is 2. The van der Waals surface area contributed by atoms with Crippen LogP contribution in [0.15, 0.2) is 17.6 Å². The van der Waals surface area contributed by atoms with E-state index in [9.17, 15) is 9.59 Å². The molecule has 28 heavy (non-hydrogen) atoms. The Morgan fingerprint density at radius 3 is 2.00 bits per heavy atom. The third kappa shape index (κ3) is 4.80. The molecule has 0 aromatic heterocycles. The van der Waals surface area contributed by atoms with Gasteiger partial charge in [0.15, 0.2) is 5.12 Å². The Morgan fingerprint density at radius 2 is 1.61 bits per heavy atom. The Hall–Kier alpha value is -1.77. The number of thioether (sulfide) groups is 1. The molecule has 0 N–H and O–H groups in total. The zero-order chi connectivity index (χ0) is 21.1. The van der Waals surface area contributed by atoms with Gasteiger partial charge in [-0.2, -0.15) is 0 Å². The highest BCUT2D eigenvalue weighted by molar-refractivity contribution is 8.13. The first-order valence-corrected chi connectivity index (χ1v) is 9.94. The Bertz CT molecular complexity index is 746. The van der Waals surface area contributed by atoms with Gasteiger partial charge in [0, 0.05) is 18.2 Å². The molecule has 152 valence electrons. The molecule has 1 fully saturated rings. The summed E-state index contributed by atoms with van der Waals surface area (Å²) >= 11 is 1.18. The molecule has 6 nitrogen and oxygen atoms in total. The molecule has 0 atom stereocenters. The molecule has 1 aliphatic heterocycles. The molecule has 0 amide bonds. The van der Waals surface area contributed by atoms with Gasteiger partial charge < -0.3 is 18.8 Å². The van der Waals surface area contributed by atoms with E-state index in [1.807, 2.05) is 33.8 Å². The van der Waals surface area contributed by atoms with Crippen molar-refractivity contribution in [1.29, 1.82) is 0 Å². The van der Waals surface area contributed by atoms with E-state index in [0.29, 0.717) is 28.4 Å². The Morgan fingerprint density at radius 1 is 1.11 bits per heavy atom. The summed E-state index contributed by atoms with van der Waals surface area (Å²) in [5.41, 5.74) is 0.861. The SMILES string of the molecule is COc1cc(C=O)cc(OC)c1C=C(CSC(C)=O)B1OC(C)(C)C(C)(C)O1. The minimum absolute atomic E-state index is 0.00218. The number of rotatable bonds is 7. The van der Waals surface area contributed by atoms with Crippen LogP contribution in [-0.4, -0.2) is 49.7 Å². The van der Waals surface area contributed by atoms with Gasteiger partial charge in [0.2, 0.25) is 0 Å². The molecule has 0 saturated carbocycles. The van der Waals surface area contributed by atoms with Crippen LogP contribution < -0.4 is 9.47 Å². The summed E-state index contributed by atoms with van der Waals surface area (Å²) in [5, 5.41) is -0.00218. The highest BCUT2D eigenvalue weighted by Crippen LogP contribution is 2.40. The van der Waals surface area contributed by atoms with Gasteiger partial charge in [-0.3, -0.25) is 9.59 Å². The average molecular weight is 406 g/mol. The molecular formula is C20H27BO6S. The van der Waals surface area contributed by atoms with Crippen molar-refractivity contribution in [1.82, 2.24) is 0 Å². The summed E-state index contributed by atoms with van der Waals surface area (Å²) in [7, 11) is 2.44. The monoisotopic (exact) mass is 406 g/mol. The summed E-state index contributed by atoms with van der Waals surface area (Å²) in [6.07, 6.45) is 2.59. The lowest BCUT2D eigenvalue weighted by Crippen LogP contribution is -2.41. The first-order chi connectivity index (χ1) is 13.0. The molecule has 1 saturated heterocycles. The van der Waals surface area contributed by atoms with Crippen molar-refractivity contribution >= 4 is 36.4 Å².